The van der Waals surface area contributed by atoms with E-state index in [1.165, 1.54) is 12.8 Å². The molecular weight excluding hydrogens is 300 g/mol. The van der Waals surface area contributed by atoms with E-state index in [1.54, 1.807) is 0 Å². The third-order valence-corrected chi connectivity index (χ3v) is 3.95. The molecule has 3 N–H and O–H groups in total. The van der Waals surface area contributed by atoms with Crippen LogP contribution in [0.15, 0.2) is 30.3 Å². The van der Waals surface area contributed by atoms with Gasteiger partial charge in [0.15, 0.2) is 0 Å². The van der Waals surface area contributed by atoms with Crippen molar-refractivity contribution in [2.75, 3.05) is 19.8 Å². The molecule has 2 rings (SSSR count). The molecule has 0 heterocycles. The minimum atomic E-state index is -0.266. The number of carbonyl (C=O) groups excluding carboxylic acids is 1. The molecule has 0 radical (unpaired) electrons. The largest absolute Gasteiger partial charge is 0.381 e. The van der Waals surface area contributed by atoms with Crippen LogP contribution < -0.4 is 11.1 Å². The first-order valence-electron chi connectivity index (χ1n) is 7.84. The van der Waals surface area contributed by atoms with Crippen LogP contribution in [-0.4, -0.2) is 25.7 Å². The standard InChI is InChI=1S/C17H26N2O2.ClH/c1-13(16(18)15-6-3-2-4-7-15)17(20)19-10-5-11-21-12-14-8-9-14;/h2-4,6-7,13-14,16H,5,8-12,18H2,1H3,(H,19,20);1H. The zero-order valence-electron chi connectivity index (χ0n) is 13.2. The molecule has 2 atom stereocenters. The zero-order chi connectivity index (χ0) is 15.1. The second-order valence-electron chi connectivity index (χ2n) is 5.89. The molecule has 2 unspecified atom stereocenters. The third-order valence-electron chi connectivity index (χ3n) is 3.95. The Morgan fingerprint density at radius 1 is 1.36 bits per heavy atom. The fourth-order valence-corrected chi connectivity index (χ4v) is 2.21. The molecule has 1 saturated carbocycles. The molecule has 1 aromatic rings. The summed E-state index contributed by atoms with van der Waals surface area (Å²) in [7, 11) is 0. The fourth-order valence-electron chi connectivity index (χ4n) is 2.21. The van der Waals surface area contributed by atoms with E-state index < -0.39 is 0 Å². The normalized spacial score (nSPS) is 16.5. The first-order valence-corrected chi connectivity index (χ1v) is 7.84. The molecule has 1 aliphatic rings. The van der Waals surface area contributed by atoms with Crippen LogP contribution in [0.3, 0.4) is 0 Å². The van der Waals surface area contributed by atoms with Crippen molar-refractivity contribution in [3.05, 3.63) is 35.9 Å². The number of hydrogen-bond donors (Lipinski definition) is 2. The van der Waals surface area contributed by atoms with Crippen LogP contribution in [0.25, 0.3) is 0 Å². The van der Waals surface area contributed by atoms with E-state index in [2.05, 4.69) is 5.32 Å². The topological polar surface area (TPSA) is 64.3 Å². The molecule has 1 amide bonds. The molecule has 22 heavy (non-hydrogen) atoms. The summed E-state index contributed by atoms with van der Waals surface area (Å²) in [6, 6.07) is 9.48. The monoisotopic (exact) mass is 326 g/mol. The molecular formula is C17H27ClN2O2. The van der Waals surface area contributed by atoms with Gasteiger partial charge < -0.3 is 15.8 Å². The lowest BCUT2D eigenvalue weighted by Crippen LogP contribution is -2.36. The molecule has 4 nitrogen and oxygen atoms in total. The van der Waals surface area contributed by atoms with Crippen molar-refractivity contribution in [2.24, 2.45) is 17.6 Å². The minimum absolute atomic E-state index is 0. The highest BCUT2D eigenvalue weighted by Crippen LogP contribution is 2.28. The van der Waals surface area contributed by atoms with Gasteiger partial charge in [0, 0.05) is 25.8 Å². The fraction of sp³-hybridized carbons (Fsp3) is 0.588. The van der Waals surface area contributed by atoms with Crippen molar-refractivity contribution in [3.63, 3.8) is 0 Å². The molecule has 0 bridgehead atoms. The van der Waals surface area contributed by atoms with Gasteiger partial charge in [0.1, 0.15) is 0 Å². The van der Waals surface area contributed by atoms with Gasteiger partial charge in [-0.3, -0.25) is 4.79 Å². The average molecular weight is 327 g/mol. The molecule has 0 aliphatic heterocycles. The lowest BCUT2D eigenvalue weighted by molar-refractivity contribution is -0.125. The Hall–Kier alpha value is -1.10. The highest BCUT2D eigenvalue weighted by atomic mass is 35.5. The predicted octanol–water partition coefficient (Wildman–Crippen LogP) is 2.68. The number of amides is 1. The Balaban J connectivity index is 0.00000242. The number of halogens is 1. The second kappa shape index (κ2) is 9.82. The summed E-state index contributed by atoms with van der Waals surface area (Å²) in [6.45, 7) is 4.12. The van der Waals surface area contributed by atoms with Crippen LogP contribution in [0.5, 0.6) is 0 Å². The zero-order valence-corrected chi connectivity index (χ0v) is 14.0. The Morgan fingerprint density at radius 2 is 2.05 bits per heavy atom. The summed E-state index contributed by atoms with van der Waals surface area (Å²) in [6.07, 6.45) is 3.48. The minimum Gasteiger partial charge on any atom is -0.381 e. The van der Waals surface area contributed by atoms with Crippen molar-refractivity contribution in [1.29, 1.82) is 0 Å². The summed E-state index contributed by atoms with van der Waals surface area (Å²) in [5.74, 6) is 0.566. The van der Waals surface area contributed by atoms with Crippen molar-refractivity contribution < 1.29 is 9.53 Å². The van der Waals surface area contributed by atoms with Gasteiger partial charge >= 0.3 is 0 Å². The Kier molecular flexibility index (Phi) is 8.46. The van der Waals surface area contributed by atoms with Gasteiger partial charge in [-0.25, -0.2) is 0 Å². The van der Waals surface area contributed by atoms with Crippen LogP contribution in [0.2, 0.25) is 0 Å². The maximum absolute atomic E-state index is 12.1. The molecule has 124 valence electrons. The van der Waals surface area contributed by atoms with Crippen molar-refractivity contribution in [2.45, 2.75) is 32.2 Å². The Labute approximate surface area is 139 Å². The number of rotatable bonds is 9. The van der Waals surface area contributed by atoms with Crippen LogP contribution in [-0.2, 0) is 9.53 Å². The van der Waals surface area contributed by atoms with Gasteiger partial charge in [0.25, 0.3) is 0 Å². The van der Waals surface area contributed by atoms with E-state index in [4.69, 9.17) is 10.5 Å². The maximum Gasteiger partial charge on any atom is 0.224 e. The van der Waals surface area contributed by atoms with Gasteiger partial charge in [0.05, 0.1) is 5.92 Å². The Morgan fingerprint density at radius 3 is 2.68 bits per heavy atom. The quantitative estimate of drug-likeness (QED) is 0.686. The summed E-state index contributed by atoms with van der Waals surface area (Å²) < 4.78 is 5.54. The first kappa shape index (κ1) is 18.9. The lowest BCUT2D eigenvalue weighted by Gasteiger charge is -2.19. The summed E-state index contributed by atoms with van der Waals surface area (Å²) in [4.78, 5) is 12.1. The van der Waals surface area contributed by atoms with E-state index in [0.717, 1.165) is 31.1 Å². The number of nitrogens with one attached hydrogen (secondary N) is 1. The van der Waals surface area contributed by atoms with Crippen molar-refractivity contribution in [1.82, 2.24) is 5.32 Å². The van der Waals surface area contributed by atoms with E-state index in [1.807, 2.05) is 37.3 Å². The van der Waals surface area contributed by atoms with E-state index in [0.29, 0.717) is 6.54 Å². The summed E-state index contributed by atoms with van der Waals surface area (Å²) in [5.41, 5.74) is 7.14. The lowest BCUT2D eigenvalue weighted by atomic mass is 9.95. The van der Waals surface area contributed by atoms with Crippen molar-refractivity contribution in [3.8, 4) is 0 Å². The smallest absolute Gasteiger partial charge is 0.224 e. The predicted molar refractivity (Wildman–Crippen MR) is 91.0 cm³/mol. The van der Waals surface area contributed by atoms with Gasteiger partial charge in [-0.1, -0.05) is 37.3 Å². The van der Waals surface area contributed by atoms with Crippen LogP contribution >= 0.6 is 12.4 Å². The van der Waals surface area contributed by atoms with E-state index in [9.17, 15) is 4.79 Å². The molecule has 0 spiro atoms. The third kappa shape index (κ3) is 6.34. The second-order valence-corrected chi connectivity index (χ2v) is 5.89. The van der Waals surface area contributed by atoms with Gasteiger partial charge in [0.2, 0.25) is 5.91 Å². The molecule has 5 heteroatoms. The molecule has 1 fully saturated rings. The molecule has 1 aromatic carbocycles. The number of hydrogen-bond acceptors (Lipinski definition) is 3. The molecule has 0 saturated heterocycles. The van der Waals surface area contributed by atoms with Crippen LogP contribution in [0, 0.1) is 11.8 Å². The van der Waals surface area contributed by atoms with Crippen LogP contribution in [0.4, 0.5) is 0 Å². The average Bonchev–Trinajstić information content (AvgIpc) is 3.34. The van der Waals surface area contributed by atoms with E-state index >= 15 is 0 Å². The number of ether oxygens (including phenoxy) is 1. The number of carbonyl (C=O) groups is 1. The first-order chi connectivity index (χ1) is 10.2. The number of nitrogens with two attached hydrogens (primary N) is 1. The Bertz CT molecular complexity index is 438. The molecule has 0 aromatic heterocycles. The van der Waals surface area contributed by atoms with Gasteiger partial charge in [-0.2, -0.15) is 0 Å². The van der Waals surface area contributed by atoms with Gasteiger partial charge in [-0.15, -0.1) is 12.4 Å². The summed E-state index contributed by atoms with van der Waals surface area (Å²) in [5, 5.41) is 2.94. The highest BCUT2D eigenvalue weighted by molar-refractivity contribution is 5.85. The summed E-state index contributed by atoms with van der Waals surface area (Å²) >= 11 is 0. The molecule has 1 aliphatic carbocycles. The number of benzene rings is 1. The van der Waals surface area contributed by atoms with E-state index in [-0.39, 0.29) is 30.3 Å². The maximum atomic E-state index is 12.1. The van der Waals surface area contributed by atoms with Crippen molar-refractivity contribution >= 4 is 18.3 Å². The van der Waals surface area contributed by atoms with Gasteiger partial charge in [-0.05, 0) is 30.7 Å². The highest BCUT2D eigenvalue weighted by Gasteiger charge is 2.22. The van der Waals surface area contributed by atoms with Crippen LogP contribution in [0.1, 0.15) is 37.8 Å². The SMILES string of the molecule is CC(C(=O)NCCCOCC1CC1)C(N)c1ccccc1.Cl.